The number of ether oxygens (including phenoxy) is 1. The fourth-order valence-electron chi connectivity index (χ4n) is 4.37. The number of aryl methyl sites for hydroxylation is 1. The SMILES string of the molecule is COc1ccccc1CCC(=O)N1CCC2(CCC(=O)N(CCO)C2)CC1. The molecule has 2 saturated heterocycles. The van der Waals surface area contributed by atoms with E-state index >= 15 is 0 Å². The number of likely N-dealkylation sites (tertiary alicyclic amines) is 2. The maximum atomic E-state index is 12.6. The van der Waals surface area contributed by atoms with Crippen LogP contribution < -0.4 is 4.74 Å². The van der Waals surface area contributed by atoms with Crippen LogP contribution in [0.2, 0.25) is 0 Å². The van der Waals surface area contributed by atoms with E-state index in [-0.39, 0.29) is 23.8 Å². The van der Waals surface area contributed by atoms with Crippen molar-refractivity contribution in [2.45, 2.75) is 38.5 Å². The van der Waals surface area contributed by atoms with E-state index in [4.69, 9.17) is 4.74 Å². The molecule has 2 heterocycles. The van der Waals surface area contributed by atoms with Crippen LogP contribution in [-0.2, 0) is 16.0 Å². The van der Waals surface area contributed by atoms with Crippen LogP contribution in [0.5, 0.6) is 5.75 Å². The molecule has 0 atom stereocenters. The highest BCUT2D eigenvalue weighted by Gasteiger charge is 2.41. The van der Waals surface area contributed by atoms with Gasteiger partial charge in [0.15, 0.2) is 0 Å². The fraction of sp³-hybridized carbons (Fsp3) is 0.619. The number of para-hydroxylation sites is 1. The van der Waals surface area contributed by atoms with Gasteiger partial charge in [0.05, 0.1) is 13.7 Å². The molecule has 1 aromatic rings. The summed E-state index contributed by atoms with van der Waals surface area (Å²) in [5.41, 5.74) is 1.18. The first-order valence-electron chi connectivity index (χ1n) is 9.85. The Labute approximate surface area is 161 Å². The number of carbonyl (C=O) groups excluding carboxylic acids is 2. The van der Waals surface area contributed by atoms with Crippen molar-refractivity contribution < 1.29 is 19.4 Å². The highest BCUT2D eigenvalue weighted by molar-refractivity contribution is 5.78. The highest BCUT2D eigenvalue weighted by Crippen LogP contribution is 2.40. The van der Waals surface area contributed by atoms with Gasteiger partial charge in [0.1, 0.15) is 5.75 Å². The lowest BCUT2D eigenvalue weighted by Crippen LogP contribution is -2.52. The molecule has 0 radical (unpaired) electrons. The number of methoxy groups -OCH3 is 1. The van der Waals surface area contributed by atoms with Crippen LogP contribution in [0.15, 0.2) is 24.3 Å². The smallest absolute Gasteiger partial charge is 0.222 e. The first kappa shape index (κ1) is 19.7. The van der Waals surface area contributed by atoms with Gasteiger partial charge < -0.3 is 19.6 Å². The summed E-state index contributed by atoms with van der Waals surface area (Å²) in [5, 5.41) is 9.17. The number of benzene rings is 1. The van der Waals surface area contributed by atoms with Gasteiger partial charge in [0, 0.05) is 39.0 Å². The van der Waals surface area contributed by atoms with Crippen LogP contribution in [0.4, 0.5) is 0 Å². The quantitative estimate of drug-likeness (QED) is 0.825. The molecule has 2 aliphatic rings. The maximum absolute atomic E-state index is 12.6. The van der Waals surface area contributed by atoms with E-state index < -0.39 is 0 Å². The molecule has 0 saturated carbocycles. The number of aliphatic hydroxyl groups is 1. The molecule has 1 aromatic carbocycles. The highest BCUT2D eigenvalue weighted by atomic mass is 16.5. The number of nitrogens with zero attached hydrogens (tertiary/aromatic N) is 2. The third-order valence-corrected chi connectivity index (χ3v) is 6.10. The van der Waals surface area contributed by atoms with Crippen molar-refractivity contribution in [3.05, 3.63) is 29.8 Å². The monoisotopic (exact) mass is 374 g/mol. The standard InChI is InChI=1S/C21H30N2O4/c1-27-18-5-3-2-4-17(18)6-7-19(25)22-12-10-21(11-13-22)9-8-20(26)23(16-21)14-15-24/h2-5,24H,6-16H2,1H3. The lowest BCUT2D eigenvalue weighted by molar-refractivity contribution is -0.143. The van der Waals surface area contributed by atoms with E-state index in [1.54, 1.807) is 12.0 Å². The summed E-state index contributed by atoms with van der Waals surface area (Å²) in [7, 11) is 1.65. The molecule has 0 aliphatic carbocycles. The first-order valence-corrected chi connectivity index (χ1v) is 9.85. The van der Waals surface area contributed by atoms with Gasteiger partial charge in [-0.25, -0.2) is 0 Å². The molecule has 148 valence electrons. The molecule has 3 rings (SSSR count). The van der Waals surface area contributed by atoms with Crippen LogP contribution in [-0.4, -0.2) is 66.6 Å². The summed E-state index contributed by atoms with van der Waals surface area (Å²) in [6.07, 6.45) is 4.50. The topological polar surface area (TPSA) is 70.1 Å². The summed E-state index contributed by atoms with van der Waals surface area (Å²) in [6.45, 7) is 2.66. The Morgan fingerprint density at radius 3 is 2.67 bits per heavy atom. The minimum Gasteiger partial charge on any atom is -0.496 e. The van der Waals surface area contributed by atoms with Gasteiger partial charge >= 0.3 is 0 Å². The Hall–Kier alpha value is -2.08. The molecule has 27 heavy (non-hydrogen) atoms. The summed E-state index contributed by atoms with van der Waals surface area (Å²) in [4.78, 5) is 28.4. The van der Waals surface area contributed by atoms with Crippen molar-refractivity contribution in [1.82, 2.24) is 9.80 Å². The normalized spacial score (nSPS) is 19.4. The Morgan fingerprint density at radius 1 is 1.22 bits per heavy atom. The zero-order valence-corrected chi connectivity index (χ0v) is 16.2. The molecule has 0 unspecified atom stereocenters. The molecular weight excluding hydrogens is 344 g/mol. The minimum atomic E-state index is 0.00930. The van der Waals surface area contributed by atoms with E-state index in [1.165, 1.54) is 0 Å². The van der Waals surface area contributed by atoms with Crippen LogP contribution in [0.25, 0.3) is 0 Å². The van der Waals surface area contributed by atoms with Gasteiger partial charge in [-0.2, -0.15) is 0 Å². The Kier molecular flexibility index (Phi) is 6.37. The van der Waals surface area contributed by atoms with Crippen LogP contribution in [0, 0.1) is 5.41 Å². The zero-order chi connectivity index (χ0) is 19.3. The predicted molar refractivity (Wildman–Crippen MR) is 102 cm³/mol. The zero-order valence-electron chi connectivity index (χ0n) is 16.2. The van der Waals surface area contributed by atoms with E-state index in [2.05, 4.69) is 0 Å². The molecule has 1 spiro atoms. The molecule has 6 nitrogen and oxygen atoms in total. The second-order valence-corrected chi connectivity index (χ2v) is 7.73. The number of rotatable bonds is 6. The lowest BCUT2D eigenvalue weighted by atomic mass is 9.72. The number of hydrogen-bond donors (Lipinski definition) is 1. The Morgan fingerprint density at radius 2 is 1.96 bits per heavy atom. The van der Waals surface area contributed by atoms with Crippen molar-refractivity contribution in [1.29, 1.82) is 0 Å². The molecule has 1 N–H and O–H groups in total. The van der Waals surface area contributed by atoms with Crippen molar-refractivity contribution in [3.8, 4) is 5.75 Å². The van der Waals surface area contributed by atoms with Crippen molar-refractivity contribution >= 4 is 11.8 Å². The molecule has 2 fully saturated rings. The van der Waals surface area contributed by atoms with Crippen molar-refractivity contribution in [2.24, 2.45) is 5.41 Å². The number of carbonyl (C=O) groups is 2. The van der Waals surface area contributed by atoms with E-state index in [0.717, 1.165) is 50.2 Å². The van der Waals surface area contributed by atoms with Gasteiger partial charge in [-0.05, 0) is 42.7 Å². The third-order valence-electron chi connectivity index (χ3n) is 6.10. The number of piperidine rings is 2. The van der Waals surface area contributed by atoms with Gasteiger partial charge in [0.2, 0.25) is 11.8 Å². The van der Waals surface area contributed by atoms with Gasteiger partial charge in [0.25, 0.3) is 0 Å². The molecule has 2 aliphatic heterocycles. The van der Waals surface area contributed by atoms with E-state index in [0.29, 0.717) is 25.8 Å². The largest absolute Gasteiger partial charge is 0.496 e. The number of hydrogen-bond acceptors (Lipinski definition) is 4. The lowest BCUT2D eigenvalue weighted by Gasteiger charge is -2.47. The molecular formula is C21H30N2O4. The Balaban J connectivity index is 1.51. The summed E-state index contributed by atoms with van der Waals surface area (Å²) in [6, 6.07) is 7.83. The van der Waals surface area contributed by atoms with Crippen molar-refractivity contribution in [3.63, 3.8) is 0 Å². The predicted octanol–water partition coefficient (Wildman–Crippen LogP) is 1.85. The second kappa shape index (κ2) is 8.74. The Bertz CT molecular complexity index is 668. The fourth-order valence-corrected chi connectivity index (χ4v) is 4.37. The molecule has 6 heteroatoms. The second-order valence-electron chi connectivity index (χ2n) is 7.73. The van der Waals surface area contributed by atoms with E-state index in [1.807, 2.05) is 29.2 Å². The van der Waals surface area contributed by atoms with Crippen molar-refractivity contribution in [2.75, 3.05) is 39.9 Å². The number of amides is 2. The first-order chi connectivity index (χ1) is 13.1. The minimum absolute atomic E-state index is 0.00930. The van der Waals surface area contributed by atoms with Crippen LogP contribution in [0.1, 0.15) is 37.7 Å². The number of aliphatic hydroxyl groups excluding tert-OH is 1. The van der Waals surface area contributed by atoms with Crippen LogP contribution >= 0.6 is 0 Å². The summed E-state index contributed by atoms with van der Waals surface area (Å²) >= 11 is 0. The van der Waals surface area contributed by atoms with Gasteiger partial charge in [-0.3, -0.25) is 9.59 Å². The third kappa shape index (κ3) is 4.61. The molecule has 2 amide bonds. The molecule has 0 aromatic heterocycles. The molecule has 0 bridgehead atoms. The van der Waals surface area contributed by atoms with E-state index in [9.17, 15) is 14.7 Å². The van der Waals surface area contributed by atoms with Gasteiger partial charge in [-0.1, -0.05) is 18.2 Å². The summed E-state index contributed by atoms with van der Waals surface area (Å²) in [5.74, 6) is 1.17. The van der Waals surface area contributed by atoms with Gasteiger partial charge in [-0.15, -0.1) is 0 Å². The summed E-state index contributed by atoms with van der Waals surface area (Å²) < 4.78 is 5.36. The average molecular weight is 374 g/mol. The maximum Gasteiger partial charge on any atom is 0.222 e. The number of β-amino-alcohol motifs (C(OH)–C–C–N with tert-alkyl or cyclic N) is 1. The average Bonchev–Trinajstić information content (AvgIpc) is 2.70. The van der Waals surface area contributed by atoms with Crippen LogP contribution in [0.3, 0.4) is 0 Å².